The maximum atomic E-state index is 4.64. The first-order chi connectivity index (χ1) is 12.1. The summed E-state index contributed by atoms with van der Waals surface area (Å²) < 4.78 is 2.70. The van der Waals surface area contributed by atoms with Crippen molar-refractivity contribution in [3.63, 3.8) is 0 Å². The van der Waals surface area contributed by atoms with Crippen LogP contribution in [0.4, 0.5) is 0 Å². The first-order valence-electron chi connectivity index (χ1n) is 9.55. The summed E-state index contributed by atoms with van der Waals surface area (Å²) in [6.45, 7) is 10.6. The molecule has 0 radical (unpaired) electrons. The SMILES string of the molecule is CC1CC2C(c3ccccn3)=CC=CC2C1[Si](C)(C)N1CNCNC1. The van der Waals surface area contributed by atoms with Crippen LogP contribution in [-0.4, -0.2) is 37.8 Å². The van der Waals surface area contributed by atoms with E-state index in [2.05, 4.69) is 70.6 Å². The summed E-state index contributed by atoms with van der Waals surface area (Å²) in [5.74, 6) is 2.03. The van der Waals surface area contributed by atoms with Crippen molar-refractivity contribution in [3.8, 4) is 0 Å². The Kier molecular flexibility index (Phi) is 4.66. The normalized spacial score (nSPS) is 33.2. The molecule has 0 bridgehead atoms. The zero-order valence-electron chi connectivity index (χ0n) is 15.6. The number of nitrogens with one attached hydrogen (secondary N) is 2. The van der Waals surface area contributed by atoms with Gasteiger partial charge in [-0.05, 0) is 47.4 Å². The molecule has 25 heavy (non-hydrogen) atoms. The molecule has 2 fully saturated rings. The zero-order chi connectivity index (χ0) is 17.4. The molecule has 2 heterocycles. The van der Waals surface area contributed by atoms with Crippen LogP contribution in [0.3, 0.4) is 0 Å². The van der Waals surface area contributed by atoms with Gasteiger partial charge in [-0.3, -0.25) is 20.2 Å². The van der Waals surface area contributed by atoms with E-state index in [4.69, 9.17) is 0 Å². The molecule has 1 aromatic rings. The van der Waals surface area contributed by atoms with Gasteiger partial charge in [0, 0.05) is 26.2 Å². The first kappa shape index (κ1) is 17.2. The minimum Gasteiger partial charge on any atom is -0.299 e. The number of allylic oxidation sites excluding steroid dienone is 4. The van der Waals surface area contributed by atoms with E-state index in [1.807, 2.05) is 12.3 Å². The second-order valence-electron chi connectivity index (χ2n) is 8.33. The van der Waals surface area contributed by atoms with Crippen LogP contribution in [-0.2, 0) is 0 Å². The molecule has 2 N–H and O–H groups in total. The number of pyridine rings is 1. The molecular weight excluding hydrogens is 324 g/mol. The van der Waals surface area contributed by atoms with Crippen molar-refractivity contribution >= 4 is 13.8 Å². The monoisotopic (exact) mass is 354 g/mol. The maximum Gasteiger partial charge on any atom is 0.129 e. The Hall–Kier alpha value is -1.27. The van der Waals surface area contributed by atoms with E-state index in [-0.39, 0.29) is 0 Å². The molecule has 0 aromatic carbocycles. The van der Waals surface area contributed by atoms with Crippen LogP contribution >= 0.6 is 0 Å². The largest absolute Gasteiger partial charge is 0.299 e. The lowest BCUT2D eigenvalue weighted by Crippen LogP contribution is -2.63. The van der Waals surface area contributed by atoms with Gasteiger partial charge in [-0.15, -0.1) is 0 Å². The second kappa shape index (κ2) is 6.80. The fourth-order valence-corrected chi connectivity index (χ4v) is 9.73. The highest BCUT2D eigenvalue weighted by atomic mass is 28.3. The molecule has 4 rings (SSSR count). The Labute approximate surface area is 152 Å². The molecule has 134 valence electrons. The Morgan fingerprint density at radius 1 is 1.20 bits per heavy atom. The van der Waals surface area contributed by atoms with Crippen LogP contribution in [0.1, 0.15) is 19.0 Å². The van der Waals surface area contributed by atoms with Gasteiger partial charge in [0.2, 0.25) is 0 Å². The molecular formula is C20H30N4Si. The molecule has 5 heteroatoms. The van der Waals surface area contributed by atoms with Gasteiger partial charge in [0.15, 0.2) is 0 Å². The van der Waals surface area contributed by atoms with E-state index >= 15 is 0 Å². The summed E-state index contributed by atoms with van der Waals surface area (Å²) in [5.41, 5.74) is 3.39. The topological polar surface area (TPSA) is 40.2 Å². The van der Waals surface area contributed by atoms with Gasteiger partial charge in [0.25, 0.3) is 0 Å². The lowest BCUT2D eigenvalue weighted by molar-refractivity contribution is 0.280. The molecule has 2 aliphatic carbocycles. The molecule has 1 saturated carbocycles. The molecule has 4 atom stereocenters. The second-order valence-corrected chi connectivity index (χ2v) is 12.9. The van der Waals surface area contributed by atoms with E-state index in [1.165, 1.54) is 12.0 Å². The van der Waals surface area contributed by atoms with Crippen LogP contribution in [0.15, 0.2) is 42.6 Å². The Bertz CT molecular complexity index is 664. The van der Waals surface area contributed by atoms with E-state index in [1.54, 1.807) is 0 Å². The molecule has 3 aliphatic rings. The van der Waals surface area contributed by atoms with Crippen LogP contribution in [0, 0.1) is 17.8 Å². The molecule has 1 aliphatic heterocycles. The smallest absolute Gasteiger partial charge is 0.129 e. The van der Waals surface area contributed by atoms with Crippen molar-refractivity contribution in [1.82, 2.24) is 20.2 Å². The van der Waals surface area contributed by atoms with E-state index in [9.17, 15) is 0 Å². The zero-order valence-corrected chi connectivity index (χ0v) is 16.6. The first-order valence-corrected chi connectivity index (χ1v) is 12.6. The number of fused-ring (bicyclic) bond motifs is 1. The fraction of sp³-hybridized carbons (Fsp3) is 0.550. The maximum absolute atomic E-state index is 4.64. The average Bonchev–Trinajstić information content (AvgIpc) is 2.99. The molecule has 4 nitrogen and oxygen atoms in total. The lowest BCUT2D eigenvalue weighted by Gasteiger charge is -2.47. The molecule has 1 saturated heterocycles. The van der Waals surface area contributed by atoms with Crippen molar-refractivity contribution in [2.75, 3.05) is 20.0 Å². The van der Waals surface area contributed by atoms with Gasteiger partial charge in [-0.2, -0.15) is 0 Å². The standard InChI is InChI=1S/C20H30N4Si/c1-15-11-18-16(19-9-4-5-10-23-19)7-6-8-17(18)20(15)25(2,3)24-13-21-12-22-14-24/h4-10,15,17-18,20-22H,11-14H2,1-3H3. The van der Waals surface area contributed by atoms with Crippen molar-refractivity contribution in [1.29, 1.82) is 0 Å². The van der Waals surface area contributed by atoms with Gasteiger partial charge in [0.05, 0.1) is 5.69 Å². The third-order valence-corrected chi connectivity index (χ3v) is 11.1. The van der Waals surface area contributed by atoms with Gasteiger partial charge in [0.1, 0.15) is 8.24 Å². The third kappa shape index (κ3) is 3.03. The highest BCUT2D eigenvalue weighted by molar-refractivity contribution is 6.76. The van der Waals surface area contributed by atoms with Crippen molar-refractivity contribution < 1.29 is 0 Å². The predicted molar refractivity (Wildman–Crippen MR) is 106 cm³/mol. The highest BCUT2D eigenvalue weighted by Gasteiger charge is 2.52. The number of nitrogens with zero attached hydrogens (tertiary/aromatic N) is 2. The summed E-state index contributed by atoms with van der Waals surface area (Å²) in [4.78, 5) is 4.64. The fourth-order valence-electron chi connectivity index (χ4n) is 5.45. The highest BCUT2D eigenvalue weighted by Crippen LogP contribution is 2.56. The van der Waals surface area contributed by atoms with Crippen molar-refractivity contribution in [2.45, 2.75) is 32.0 Å². The van der Waals surface area contributed by atoms with Crippen molar-refractivity contribution in [3.05, 3.63) is 48.3 Å². The Balaban J connectivity index is 1.62. The number of aromatic nitrogens is 1. The van der Waals surface area contributed by atoms with Crippen LogP contribution in [0.5, 0.6) is 0 Å². The summed E-state index contributed by atoms with van der Waals surface area (Å²) >= 11 is 0. The number of hydrogen-bond donors (Lipinski definition) is 2. The Morgan fingerprint density at radius 2 is 2.00 bits per heavy atom. The minimum absolute atomic E-state index is 0.623. The van der Waals surface area contributed by atoms with Gasteiger partial charge >= 0.3 is 0 Å². The van der Waals surface area contributed by atoms with Gasteiger partial charge in [-0.1, -0.05) is 44.3 Å². The summed E-state index contributed by atoms with van der Waals surface area (Å²) in [7, 11) is -1.56. The van der Waals surface area contributed by atoms with Gasteiger partial charge < -0.3 is 0 Å². The van der Waals surface area contributed by atoms with Gasteiger partial charge in [-0.25, -0.2) is 0 Å². The van der Waals surface area contributed by atoms with Crippen LogP contribution in [0.2, 0.25) is 18.6 Å². The third-order valence-electron chi connectivity index (χ3n) is 6.57. The summed E-state index contributed by atoms with van der Waals surface area (Å²) in [6, 6.07) is 6.28. The van der Waals surface area contributed by atoms with Crippen LogP contribution < -0.4 is 10.6 Å². The van der Waals surface area contributed by atoms with Crippen molar-refractivity contribution in [2.24, 2.45) is 17.8 Å². The average molecular weight is 355 g/mol. The van der Waals surface area contributed by atoms with E-state index in [0.717, 1.165) is 37.2 Å². The number of hydrogen-bond acceptors (Lipinski definition) is 4. The molecule has 4 unspecified atom stereocenters. The summed E-state index contributed by atoms with van der Waals surface area (Å²) in [6.07, 6.45) is 10.3. The molecule has 0 spiro atoms. The Morgan fingerprint density at radius 3 is 2.72 bits per heavy atom. The van der Waals surface area contributed by atoms with E-state index in [0.29, 0.717) is 11.8 Å². The van der Waals surface area contributed by atoms with E-state index < -0.39 is 8.24 Å². The minimum atomic E-state index is -1.56. The molecule has 0 amide bonds. The molecule has 1 aromatic heterocycles. The lowest BCUT2D eigenvalue weighted by atomic mass is 9.83. The number of rotatable bonds is 3. The quantitative estimate of drug-likeness (QED) is 0.818. The predicted octanol–water partition coefficient (Wildman–Crippen LogP) is 3.25. The summed E-state index contributed by atoms with van der Waals surface area (Å²) in [5, 5.41) is 6.99. The van der Waals surface area contributed by atoms with Crippen LogP contribution in [0.25, 0.3) is 5.57 Å².